The van der Waals surface area contributed by atoms with E-state index in [0.717, 1.165) is 57.3 Å². The Labute approximate surface area is 168 Å². The summed E-state index contributed by atoms with van der Waals surface area (Å²) in [5.41, 5.74) is 1.39. The summed E-state index contributed by atoms with van der Waals surface area (Å²) in [4.78, 5) is 32.3. The van der Waals surface area contributed by atoms with Crippen LogP contribution in [0.5, 0.6) is 0 Å². The molecule has 0 aromatic carbocycles. The first-order chi connectivity index (χ1) is 13.6. The number of imidazole rings is 1. The van der Waals surface area contributed by atoms with Gasteiger partial charge in [0.2, 0.25) is 0 Å². The average Bonchev–Trinajstić information content (AvgIpc) is 2.88. The third-order valence-electron chi connectivity index (χ3n) is 5.79. The van der Waals surface area contributed by atoms with Crippen LogP contribution in [0.25, 0.3) is 0 Å². The number of hydrogen-bond donors (Lipinski definition) is 2. The zero-order valence-electron chi connectivity index (χ0n) is 17.4. The molecule has 1 fully saturated rings. The number of amides is 2. The van der Waals surface area contributed by atoms with E-state index in [1.54, 1.807) is 0 Å². The number of fused-ring (bicyclic) bond motifs is 1. The number of nitrogens with zero attached hydrogens (tertiary/aromatic N) is 3. The standard InChI is InChI=1S/C21H35N5O2/c1-25(2)14-9-13-22-21(28)19-24-18(17-12-7-8-15-26(17)19)20(27)23-16-10-5-3-4-6-11-16/h16H,3-15H2,1-2H3,(H,22,28)(H,23,27). The van der Waals surface area contributed by atoms with E-state index in [9.17, 15) is 9.59 Å². The molecule has 0 atom stereocenters. The highest BCUT2D eigenvalue weighted by Gasteiger charge is 2.28. The van der Waals surface area contributed by atoms with E-state index in [1.165, 1.54) is 25.7 Å². The summed E-state index contributed by atoms with van der Waals surface area (Å²) in [5.74, 6) is 0.116. The lowest BCUT2D eigenvalue weighted by Crippen LogP contribution is -2.35. The van der Waals surface area contributed by atoms with Crippen LogP contribution in [0.15, 0.2) is 0 Å². The summed E-state index contributed by atoms with van der Waals surface area (Å²) >= 11 is 0. The molecular formula is C21H35N5O2. The first-order valence-corrected chi connectivity index (χ1v) is 10.9. The molecule has 1 aromatic heterocycles. The summed E-state index contributed by atoms with van der Waals surface area (Å²) in [7, 11) is 4.04. The van der Waals surface area contributed by atoms with Gasteiger partial charge in [-0.15, -0.1) is 0 Å². The SMILES string of the molecule is CN(C)CCCNC(=O)c1nc(C(=O)NC2CCCCCC2)c2n1CCCC2. The molecule has 0 bridgehead atoms. The molecule has 7 nitrogen and oxygen atoms in total. The Balaban J connectivity index is 1.69. The lowest BCUT2D eigenvalue weighted by atomic mass is 10.1. The summed E-state index contributed by atoms with van der Waals surface area (Å²) in [6.07, 6.45) is 10.7. The van der Waals surface area contributed by atoms with Gasteiger partial charge in [-0.2, -0.15) is 0 Å². The fourth-order valence-electron chi connectivity index (χ4n) is 4.25. The van der Waals surface area contributed by atoms with E-state index < -0.39 is 0 Å². The van der Waals surface area contributed by atoms with Gasteiger partial charge in [0.15, 0.2) is 5.82 Å². The van der Waals surface area contributed by atoms with Crippen LogP contribution < -0.4 is 10.6 Å². The maximum atomic E-state index is 12.9. The predicted octanol–water partition coefficient (Wildman–Crippen LogP) is 2.35. The summed E-state index contributed by atoms with van der Waals surface area (Å²) in [6.45, 7) is 2.30. The highest BCUT2D eigenvalue weighted by Crippen LogP contribution is 2.22. The Morgan fingerprint density at radius 2 is 1.82 bits per heavy atom. The third-order valence-corrected chi connectivity index (χ3v) is 5.79. The number of hydrogen-bond acceptors (Lipinski definition) is 4. The molecule has 2 aliphatic rings. The third kappa shape index (κ3) is 5.34. The molecule has 0 spiro atoms. The minimum Gasteiger partial charge on any atom is -0.349 e. The van der Waals surface area contributed by atoms with E-state index in [4.69, 9.17) is 0 Å². The van der Waals surface area contributed by atoms with Gasteiger partial charge in [-0.05, 0) is 59.2 Å². The summed E-state index contributed by atoms with van der Waals surface area (Å²) < 4.78 is 1.97. The molecule has 0 radical (unpaired) electrons. The fraction of sp³-hybridized carbons (Fsp3) is 0.762. The second kappa shape index (κ2) is 10.0. The zero-order chi connectivity index (χ0) is 19.9. The van der Waals surface area contributed by atoms with Gasteiger partial charge < -0.3 is 20.1 Å². The first kappa shape index (κ1) is 20.8. The summed E-state index contributed by atoms with van der Waals surface area (Å²) in [5, 5.41) is 6.16. The van der Waals surface area contributed by atoms with Crippen LogP contribution in [-0.2, 0) is 13.0 Å². The van der Waals surface area contributed by atoms with Crippen LogP contribution in [0.4, 0.5) is 0 Å². The Morgan fingerprint density at radius 3 is 2.54 bits per heavy atom. The molecule has 156 valence electrons. The zero-order valence-corrected chi connectivity index (χ0v) is 17.4. The van der Waals surface area contributed by atoms with Crippen molar-refractivity contribution in [2.24, 2.45) is 0 Å². The van der Waals surface area contributed by atoms with Crippen molar-refractivity contribution >= 4 is 11.8 Å². The Hall–Kier alpha value is -1.89. The number of aromatic nitrogens is 2. The topological polar surface area (TPSA) is 79.3 Å². The van der Waals surface area contributed by atoms with Gasteiger partial charge in [0.05, 0.1) is 5.69 Å². The van der Waals surface area contributed by atoms with Gasteiger partial charge in [0.25, 0.3) is 11.8 Å². The number of rotatable bonds is 7. The number of carbonyl (C=O) groups is 2. The Bertz CT molecular complexity index is 675. The van der Waals surface area contributed by atoms with Crippen molar-refractivity contribution in [2.75, 3.05) is 27.2 Å². The fourth-order valence-corrected chi connectivity index (χ4v) is 4.25. The predicted molar refractivity (Wildman–Crippen MR) is 110 cm³/mol. The molecule has 0 unspecified atom stereocenters. The van der Waals surface area contributed by atoms with Gasteiger partial charge in [0.1, 0.15) is 5.69 Å². The van der Waals surface area contributed by atoms with Gasteiger partial charge in [-0.3, -0.25) is 9.59 Å². The van der Waals surface area contributed by atoms with Gasteiger partial charge in [-0.1, -0.05) is 25.7 Å². The van der Waals surface area contributed by atoms with E-state index >= 15 is 0 Å². The Morgan fingerprint density at radius 1 is 1.07 bits per heavy atom. The van der Waals surface area contributed by atoms with Crippen molar-refractivity contribution in [3.05, 3.63) is 17.2 Å². The van der Waals surface area contributed by atoms with Crippen molar-refractivity contribution in [1.82, 2.24) is 25.1 Å². The first-order valence-electron chi connectivity index (χ1n) is 10.9. The molecule has 7 heteroatoms. The lowest BCUT2D eigenvalue weighted by molar-refractivity contribution is 0.0927. The quantitative estimate of drug-likeness (QED) is 0.554. The van der Waals surface area contributed by atoms with Gasteiger partial charge >= 0.3 is 0 Å². The molecule has 28 heavy (non-hydrogen) atoms. The highest BCUT2D eigenvalue weighted by molar-refractivity contribution is 5.97. The lowest BCUT2D eigenvalue weighted by Gasteiger charge is -2.18. The maximum Gasteiger partial charge on any atom is 0.287 e. The molecule has 3 rings (SSSR count). The van der Waals surface area contributed by atoms with E-state index in [0.29, 0.717) is 18.1 Å². The highest BCUT2D eigenvalue weighted by atomic mass is 16.2. The number of nitrogens with one attached hydrogen (secondary N) is 2. The molecule has 0 saturated heterocycles. The second-order valence-electron chi connectivity index (χ2n) is 8.41. The minimum atomic E-state index is -0.171. The smallest absolute Gasteiger partial charge is 0.287 e. The molecule has 1 aliphatic heterocycles. The molecule has 1 saturated carbocycles. The normalized spacial score (nSPS) is 17.8. The largest absolute Gasteiger partial charge is 0.349 e. The van der Waals surface area contributed by atoms with Crippen LogP contribution in [0.3, 0.4) is 0 Å². The van der Waals surface area contributed by atoms with Gasteiger partial charge in [-0.25, -0.2) is 4.98 Å². The molecular weight excluding hydrogens is 354 g/mol. The van der Waals surface area contributed by atoms with Crippen molar-refractivity contribution in [3.63, 3.8) is 0 Å². The van der Waals surface area contributed by atoms with E-state index in [2.05, 4.69) is 20.5 Å². The minimum absolute atomic E-state index is 0.107. The molecule has 2 N–H and O–H groups in total. The van der Waals surface area contributed by atoms with Crippen LogP contribution in [0, 0.1) is 0 Å². The van der Waals surface area contributed by atoms with E-state index in [1.807, 2.05) is 18.7 Å². The van der Waals surface area contributed by atoms with Crippen LogP contribution in [0.2, 0.25) is 0 Å². The monoisotopic (exact) mass is 389 g/mol. The Kier molecular flexibility index (Phi) is 7.48. The van der Waals surface area contributed by atoms with Crippen LogP contribution >= 0.6 is 0 Å². The van der Waals surface area contributed by atoms with E-state index in [-0.39, 0.29) is 17.9 Å². The van der Waals surface area contributed by atoms with Crippen molar-refractivity contribution in [3.8, 4) is 0 Å². The van der Waals surface area contributed by atoms with Crippen LogP contribution in [0.1, 0.15) is 84.6 Å². The second-order valence-corrected chi connectivity index (χ2v) is 8.41. The average molecular weight is 390 g/mol. The molecule has 2 amide bonds. The maximum absolute atomic E-state index is 12.9. The molecule has 1 aliphatic carbocycles. The van der Waals surface area contributed by atoms with Crippen molar-refractivity contribution < 1.29 is 9.59 Å². The van der Waals surface area contributed by atoms with Crippen molar-refractivity contribution in [1.29, 1.82) is 0 Å². The summed E-state index contributed by atoms with van der Waals surface area (Å²) in [6, 6.07) is 0.235. The van der Waals surface area contributed by atoms with Crippen molar-refractivity contribution in [2.45, 2.75) is 76.8 Å². The van der Waals surface area contributed by atoms with Gasteiger partial charge in [0, 0.05) is 19.1 Å². The van der Waals surface area contributed by atoms with Crippen LogP contribution in [-0.4, -0.2) is 59.5 Å². The number of carbonyl (C=O) groups excluding carboxylic acids is 2. The molecule has 1 aromatic rings. The molecule has 2 heterocycles.